The van der Waals surface area contributed by atoms with Crippen LogP contribution >= 0.6 is 0 Å². The fourth-order valence-electron chi connectivity index (χ4n) is 3.80. The summed E-state index contributed by atoms with van der Waals surface area (Å²) in [6, 6.07) is 2.86. The SMILES string of the molecule is CC(C)[C@@H](NC(=O)[C@H](NC(=O)[C@@H](Cc1ccc(O)cc1)NC(=O)[C@H]1CCCN1)C(C)C)C(=O)O. The van der Waals surface area contributed by atoms with Crippen LogP contribution in [0.1, 0.15) is 46.1 Å². The summed E-state index contributed by atoms with van der Waals surface area (Å²) < 4.78 is 0. The molecule has 3 amide bonds. The van der Waals surface area contributed by atoms with Gasteiger partial charge in [0.15, 0.2) is 0 Å². The molecule has 1 aromatic carbocycles. The molecule has 0 aliphatic carbocycles. The van der Waals surface area contributed by atoms with Gasteiger partial charge in [0.2, 0.25) is 17.7 Å². The van der Waals surface area contributed by atoms with Crippen molar-refractivity contribution in [3.05, 3.63) is 29.8 Å². The van der Waals surface area contributed by atoms with Crippen LogP contribution in [0.15, 0.2) is 24.3 Å². The minimum absolute atomic E-state index is 0.0821. The van der Waals surface area contributed by atoms with Crippen LogP contribution in [-0.2, 0) is 25.6 Å². The number of phenolic OH excluding ortho intramolecular Hbond substituents is 1. The van der Waals surface area contributed by atoms with E-state index in [1.165, 1.54) is 12.1 Å². The van der Waals surface area contributed by atoms with Crippen molar-refractivity contribution in [1.82, 2.24) is 21.3 Å². The van der Waals surface area contributed by atoms with E-state index in [1.807, 2.05) is 0 Å². The number of carbonyl (C=O) groups excluding carboxylic acids is 3. The molecule has 1 fully saturated rings. The fraction of sp³-hybridized carbons (Fsp3) is 0.583. The molecule has 1 heterocycles. The van der Waals surface area contributed by atoms with Gasteiger partial charge >= 0.3 is 5.97 Å². The number of hydrogen-bond acceptors (Lipinski definition) is 6. The zero-order chi connectivity index (χ0) is 25.4. The molecule has 0 aromatic heterocycles. The third kappa shape index (κ3) is 7.72. The van der Waals surface area contributed by atoms with Gasteiger partial charge in [0.05, 0.1) is 6.04 Å². The van der Waals surface area contributed by atoms with Crippen molar-refractivity contribution in [3.8, 4) is 5.75 Å². The Morgan fingerprint density at radius 3 is 2.03 bits per heavy atom. The Morgan fingerprint density at radius 1 is 0.941 bits per heavy atom. The number of aromatic hydroxyl groups is 1. The molecule has 0 radical (unpaired) electrons. The largest absolute Gasteiger partial charge is 0.508 e. The van der Waals surface area contributed by atoms with Crippen LogP contribution in [0.2, 0.25) is 0 Å². The van der Waals surface area contributed by atoms with Gasteiger partial charge in [0.1, 0.15) is 23.9 Å². The maximum Gasteiger partial charge on any atom is 0.326 e. The van der Waals surface area contributed by atoms with Crippen LogP contribution in [0.4, 0.5) is 0 Å². The number of nitrogens with one attached hydrogen (secondary N) is 4. The molecular weight excluding hydrogens is 440 g/mol. The maximum absolute atomic E-state index is 13.2. The van der Waals surface area contributed by atoms with Crippen molar-refractivity contribution < 1.29 is 29.4 Å². The molecule has 10 heteroatoms. The van der Waals surface area contributed by atoms with E-state index in [0.717, 1.165) is 13.0 Å². The number of carboxylic acids is 1. The highest BCUT2D eigenvalue weighted by molar-refractivity contribution is 5.94. The zero-order valence-corrected chi connectivity index (χ0v) is 20.1. The maximum atomic E-state index is 13.2. The second-order valence-electron chi connectivity index (χ2n) is 9.38. The van der Waals surface area contributed by atoms with Gasteiger partial charge in [-0.15, -0.1) is 0 Å². The lowest BCUT2D eigenvalue weighted by Gasteiger charge is -2.28. The number of rotatable bonds is 11. The van der Waals surface area contributed by atoms with E-state index < -0.39 is 35.9 Å². The van der Waals surface area contributed by atoms with E-state index in [0.29, 0.717) is 12.0 Å². The van der Waals surface area contributed by atoms with Crippen LogP contribution < -0.4 is 21.3 Å². The predicted molar refractivity (Wildman–Crippen MR) is 126 cm³/mol. The number of hydrogen-bond donors (Lipinski definition) is 6. The lowest BCUT2D eigenvalue weighted by Crippen LogP contribution is -2.59. The van der Waals surface area contributed by atoms with Crippen LogP contribution in [0.25, 0.3) is 0 Å². The predicted octanol–water partition coefficient (Wildman–Crippen LogP) is 0.538. The average molecular weight is 477 g/mol. The Labute approximate surface area is 199 Å². The zero-order valence-electron chi connectivity index (χ0n) is 20.1. The van der Waals surface area contributed by atoms with Crippen LogP contribution in [0.3, 0.4) is 0 Å². The number of benzene rings is 1. The Kier molecular flexibility index (Phi) is 9.85. The first-order valence-electron chi connectivity index (χ1n) is 11.6. The molecule has 4 atom stereocenters. The van der Waals surface area contributed by atoms with Gasteiger partial charge in [-0.1, -0.05) is 39.8 Å². The summed E-state index contributed by atoms with van der Waals surface area (Å²) >= 11 is 0. The van der Waals surface area contributed by atoms with E-state index in [9.17, 15) is 29.4 Å². The molecule has 0 unspecified atom stereocenters. The van der Waals surface area contributed by atoms with Crippen LogP contribution in [-0.4, -0.2) is 64.6 Å². The highest BCUT2D eigenvalue weighted by Gasteiger charge is 2.33. The Balaban J connectivity index is 2.18. The first-order valence-corrected chi connectivity index (χ1v) is 11.6. The van der Waals surface area contributed by atoms with Crippen LogP contribution in [0.5, 0.6) is 5.75 Å². The molecule has 188 valence electrons. The highest BCUT2D eigenvalue weighted by atomic mass is 16.4. The monoisotopic (exact) mass is 476 g/mol. The first-order chi connectivity index (χ1) is 16.0. The normalized spacial score (nSPS) is 18.2. The van der Waals surface area contributed by atoms with Crippen molar-refractivity contribution in [1.29, 1.82) is 0 Å². The number of aliphatic carboxylic acids is 1. The summed E-state index contributed by atoms with van der Waals surface area (Å²) in [5, 5.41) is 30.0. The molecule has 0 spiro atoms. The molecule has 1 saturated heterocycles. The third-order valence-corrected chi connectivity index (χ3v) is 5.86. The summed E-state index contributed by atoms with van der Waals surface area (Å²) in [5.41, 5.74) is 0.717. The second kappa shape index (κ2) is 12.4. The van der Waals surface area contributed by atoms with E-state index >= 15 is 0 Å². The second-order valence-corrected chi connectivity index (χ2v) is 9.38. The number of carbonyl (C=O) groups is 4. The van der Waals surface area contributed by atoms with Crippen molar-refractivity contribution in [2.45, 2.75) is 71.1 Å². The van der Waals surface area contributed by atoms with Crippen molar-refractivity contribution >= 4 is 23.7 Å². The van der Waals surface area contributed by atoms with Crippen LogP contribution in [0, 0.1) is 11.8 Å². The topological polar surface area (TPSA) is 157 Å². The average Bonchev–Trinajstić information content (AvgIpc) is 3.31. The minimum atomic E-state index is -1.15. The van der Waals surface area contributed by atoms with E-state index in [2.05, 4.69) is 21.3 Å². The molecule has 0 saturated carbocycles. The smallest absolute Gasteiger partial charge is 0.326 e. The number of phenols is 1. The Morgan fingerprint density at radius 2 is 1.53 bits per heavy atom. The molecular formula is C24H36N4O6. The van der Waals surface area contributed by atoms with Gasteiger partial charge in [-0.3, -0.25) is 14.4 Å². The molecule has 10 nitrogen and oxygen atoms in total. The summed E-state index contributed by atoms with van der Waals surface area (Å²) in [4.78, 5) is 50.3. The lowest BCUT2D eigenvalue weighted by atomic mass is 9.99. The molecule has 2 rings (SSSR count). The van der Waals surface area contributed by atoms with Gasteiger partial charge in [-0.25, -0.2) is 4.79 Å². The standard InChI is InChI=1S/C24H36N4O6/c1-13(2)19(23(32)28-20(14(3)4)24(33)34)27-22(31)18(12-15-7-9-16(29)10-8-15)26-21(30)17-6-5-11-25-17/h7-10,13-14,17-20,25,29H,5-6,11-12H2,1-4H3,(H,26,30)(H,27,31)(H,28,32)(H,33,34)/t17-,18-,19-,20-/m1/s1. The number of amides is 3. The van der Waals surface area contributed by atoms with Gasteiger partial charge in [0.25, 0.3) is 0 Å². The molecule has 1 aromatic rings. The van der Waals surface area contributed by atoms with E-state index in [1.54, 1.807) is 39.8 Å². The van der Waals surface area contributed by atoms with Crippen molar-refractivity contribution in [2.24, 2.45) is 11.8 Å². The summed E-state index contributed by atoms with van der Waals surface area (Å²) in [5.74, 6) is -3.19. The fourth-order valence-corrected chi connectivity index (χ4v) is 3.80. The van der Waals surface area contributed by atoms with Gasteiger partial charge in [-0.2, -0.15) is 0 Å². The summed E-state index contributed by atoms with van der Waals surface area (Å²) in [6.45, 7) is 7.57. The first kappa shape index (κ1) is 27.1. The van der Waals surface area contributed by atoms with E-state index in [-0.39, 0.29) is 36.0 Å². The van der Waals surface area contributed by atoms with Crippen molar-refractivity contribution in [3.63, 3.8) is 0 Å². The molecule has 1 aliphatic rings. The molecule has 6 N–H and O–H groups in total. The summed E-state index contributed by atoms with van der Waals surface area (Å²) in [6.07, 6.45) is 1.69. The molecule has 0 bridgehead atoms. The van der Waals surface area contributed by atoms with E-state index in [4.69, 9.17) is 0 Å². The minimum Gasteiger partial charge on any atom is -0.508 e. The quantitative estimate of drug-likeness (QED) is 0.272. The highest BCUT2D eigenvalue weighted by Crippen LogP contribution is 2.13. The van der Waals surface area contributed by atoms with Crippen molar-refractivity contribution in [2.75, 3.05) is 6.54 Å². The Bertz CT molecular complexity index is 865. The summed E-state index contributed by atoms with van der Waals surface area (Å²) in [7, 11) is 0. The third-order valence-electron chi connectivity index (χ3n) is 5.86. The van der Waals surface area contributed by atoms with Gasteiger partial charge in [0, 0.05) is 6.42 Å². The molecule has 34 heavy (non-hydrogen) atoms. The Hall–Kier alpha value is -3.14. The van der Waals surface area contributed by atoms with Gasteiger partial charge in [-0.05, 0) is 48.9 Å². The van der Waals surface area contributed by atoms with Gasteiger partial charge < -0.3 is 31.5 Å². The number of carboxylic acid groups (broad SMARTS) is 1. The molecule has 1 aliphatic heterocycles. The lowest BCUT2D eigenvalue weighted by molar-refractivity contribution is -0.143.